The summed E-state index contributed by atoms with van der Waals surface area (Å²) < 4.78 is 5.91. The van der Waals surface area contributed by atoms with Crippen LogP contribution in [0.25, 0.3) is 0 Å². The molecule has 1 aliphatic heterocycles. The van der Waals surface area contributed by atoms with Crippen molar-refractivity contribution >= 4 is 11.3 Å². The van der Waals surface area contributed by atoms with Crippen molar-refractivity contribution in [1.29, 1.82) is 0 Å². The minimum atomic E-state index is 0.166. The third-order valence-corrected chi connectivity index (χ3v) is 4.46. The number of nitrogens with one attached hydrogen (secondary N) is 1. The fourth-order valence-corrected chi connectivity index (χ4v) is 3.52. The third-order valence-electron chi connectivity index (χ3n) is 3.49. The zero-order valence-electron chi connectivity index (χ0n) is 11.3. The number of benzene rings is 1. The molecule has 0 saturated carbocycles. The van der Waals surface area contributed by atoms with Crippen LogP contribution in [0.15, 0.2) is 24.4 Å². The van der Waals surface area contributed by atoms with Crippen LogP contribution in [0.3, 0.4) is 0 Å². The fourth-order valence-electron chi connectivity index (χ4n) is 2.60. The van der Waals surface area contributed by atoms with Gasteiger partial charge >= 0.3 is 0 Å². The summed E-state index contributed by atoms with van der Waals surface area (Å²) in [6.45, 7) is 2.86. The standard InChI is InChI=1S/C15H18N2OS/c1-10-17-9-13(19-10)14(16-2)12-7-3-5-11-6-4-8-18-15(11)12/h3,5,7,9,14,16H,4,6,8H2,1-2H3. The molecule has 1 aromatic carbocycles. The van der Waals surface area contributed by atoms with Crippen molar-refractivity contribution in [1.82, 2.24) is 10.3 Å². The molecule has 1 unspecified atom stereocenters. The Bertz CT molecular complexity index is 579. The summed E-state index contributed by atoms with van der Waals surface area (Å²) in [5.41, 5.74) is 2.55. The van der Waals surface area contributed by atoms with Crippen molar-refractivity contribution in [2.24, 2.45) is 0 Å². The Balaban J connectivity index is 2.04. The van der Waals surface area contributed by atoms with E-state index < -0.39 is 0 Å². The number of hydrogen-bond donors (Lipinski definition) is 1. The van der Waals surface area contributed by atoms with Gasteiger partial charge in [-0.05, 0) is 32.4 Å². The van der Waals surface area contributed by atoms with Gasteiger partial charge in [0.2, 0.25) is 0 Å². The summed E-state index contributed by atoms with van der Waals surface area (Å²) in [6.07, 6.45) is 4.19. The molecule has 0 saturated heterocycles. The van der Waals surface area contributed by atoms with Crippen molar-refractivity contribution in [3.05, 3.63) is 45.4 Å². The van der Waals surface area contributed by atoms with E-state index in [0.717, 1.165) is 30.2 Å². The largest absolute Gasteiger partial charge is 0.493 e. The van der Waals surface area contributed by atoms with Crippen LogP contribution in [-0.4, -0.2) is 18.6 Å². The van der Waals surface area contributed by atoms with Crippen molar-refractivity contribution in [2.45, 2.75) is 25.8 Å². The molecule has 1 aliphatic rings. The van der Waals surface area contributed by atoms with Crippen LogP contribution >= 0.6 is 11.3 Å². The van der Waals surface area contributed by atoms with Gasteiger partial charge in [-0.2, -0.15) is 0 Å². The van der Waals surface area contributed by atoms with Crippen molar-refractivity contribution in [3.63, 3.8) is 0 Å². The number of aromatic nitrogens is 1. The van der Waals surface area contributed by atoms with Crippen LogP contribution < -0.4 is 10.1 Å². The first-order valence-corrected chi connectivity index (χ1v) is 7.45. The van der Waals surface area contributed by atoms with Gasteiger partial charge in [-0.1, -0.05) is 18.2 Å². The van der Waals surface area contributed by atoms with Crippen molar-refractivity contribution in [3.8, 4) is 5.75 Å². The fraction of sp³-hybridized carbons (Fsp3) is 0.400. The Morgan fingerprint density at radius 3 is 3.05 bits per heavy atom. The van der Waals surface area contributed by atoms with E-state index in [0.29, 0.717) is 0 Å². The maximum absolute atomic E-state index is 5.91. The number of hydrogen-bond acceptors (Lipinski definition) is 4. The van der Waals surface area contributed by atoms with Crippen LogP contribution in [0.2, 0.25) is 0 Å². The maximum atomic E-state index is 5.91. The Morgan fingerprint density at radius 2 is 2.32 bits per heavy atom. The molecule has 100 valence electrons. The second-order valence-electron chi connectivity index (χ2n) is 4.79. The van der Waals surface area contributed by atoms with Gasteiger partial charge in [0.15, 0.2) is 0 Å². The van der Waals surface area contributed by atoms with Crippen LogP contribution in [0.4, 0.5) is 0 Å². The average Bonchev–Trinajstić information content (AvgIpc) is 2.86. The zero-order chi connectivity index (χ0) is 13.2. The number of para-hydroxylation sites is 1. The highest BCUT2D eigenvalue weighted by atomic mass is 32.1. The summed E-state index contributed by atoms with van der Waals surface area (Å²) in [5.74, 6) is 1.07. The first-order chi connectivity index (χ1) is 9.29. The van der Waals surface area contributed by atoms with Gasteiger partial charge in [0.1, 0.15) is 5.75 Å². The highest BCUT2D eigenvalue weighted by Gasteiger charge is 2.22. The highest BCUT2D eigenvalue weighted by molar-refractivity contribution is 7.11. The molecule has 4 heteroatoms. The van der Waals surface area contributed by atoms with Crippen LogP contribution in [-0.2, 0) is 6.42 Å². The van der Waals surface area contributed by atoms with Gasteiger partial charge < -0.3 is 10.1 Å². The molecule has 0 bridgehead atoms. The van der Waals surface area contributed by atoms with Crippen molar-refractivity contribution in [2.75, 3.05) is 13.7 Å². The molecular weight excluding hydrogens is 256 g/mol. The highest BCUT2D eigenvalue weighted by Crippen LogP contribution is 2.36. The number of nitrogens with zero attached hydrogens (tertiary/aromatic N) is 1. The van der Waals surface area contributed by atoms with E-state index in [2.05, 4.69) is 28.5 Å². The third kappa shape index (κ3) is 2.38. The number of rotatable bonds is 3. The molecule has 1 N–H and O–H groups in total. The molecular formula is C15H18N2OS. The summed E-state index contributed by atoms with van der Waals surface area (Å²) in [6, 6.07) is 6.61. The summed E-state index contributed by atoms with van der Waals surface area (Å²) in [7, 11) is 1.99. The number of ether oxygens (including phenoxy) is 1. The Morgan fingerprint density at radius 1 is 1.42 bits per heavy atom. The number of fused-ring (bicyclic) bond motifs is 1. The molecule has 3 rings (SSSR count). The van der Waals surface area contributed by atoms with E-state index in [4.69, 9.17) is 4.74 Å². The van der Waals surface area contributed by atoms with Gasteiger partial charge in [0.05, 0.1) is 17.7 Å². The van der Waals surface area contributed by atoms with Gasteiger partial charge in [0.25, 0.3) is 0 Å². The van der Waals surface area contributed by atoms with Crippen molar-refractivity contribution < 1.29 is 4.74 Å². The van der Waals surface area contributed by atoms with Gasteiger partial charge in [0, 0.05) is 16.6 Å². The first kappa shape index (κ1) is 12.6. The number of thiazole rings is 1. The van der Waals surface area contributed by atoms with Gasteiger partial charge in [-0.25, -0.2) is 4.98 Å². The van der Waals surface area contributed by atoms with Crippen LogP contribution in [0.1, 0.15) is 33.5 Å². The lowest BCUT2D eigenvalue weighted by Gasteiger charge is -2.24. The molecule has 3 nitrogen and oxygen atoms in total. The number of aryl methyl sites for hydroxylation is 2. The second kappa shape index (κ2) is 5.31. The molecule has 0 spiro atoms. The minimum Gasteiger partial charge on any atom is -0.493 e. The summed E-state index contributed by atoms with van der Waals surface area (Å²) in [4.78, 5) is 5.60. The van der Waals surface area contributed by atoms with E-state index in [-0.39, 0.29) is 6.04 Å². The molecule has 0 aliphatic carbocycles. The summed E-state index contributed by atoms with van der Waals surface area (Å²) >= 11 is 1.74. The van der Waals surface area contributed by atoms with Crippen LogP contribution in [0, 0.1) is 6.92 Å². The first-order valence-electron chi connectivity index (χ1n) is 6.64. The minimum absolute atomic E-state index is 0.166. The van der Waals surface area contributed by atoms with Crippen LogP contribution in [0.5, 0.6) is 5.75 Å². The smallest absolute Gasteiger partial charge is 0.127 e. The molecule has 1 aromatic heterocycles. The monoisotopic (exact) mass is 274 g/mol. The maximum Gasteiger partial charge on any atom is 0.127 e. The Kier molecular flexibility index (Phi) is 3.53. The predicted molar refractivity (Wildman–Crippen MR) is 78.0 cm³/mol. The predicted octanol–water partition coefficient (Wildman–Crippen LogP) is 3.09. The van der Waals surface area contributed by atoms with E-state index >= 15 is 0 Å². The van der Waals surface area contributed by atoms with E-state index in [1.807, 2.05) is 20.2 Å². The van der Waals surface area contributed by atoms with Gasteiger partial charge in [-0.15, -0.1) is 11.3 Å². The zero-order valence-corrected chi connectivity index (χ0v) is 12.1. The molecule has 0 fully saturated rings. The molecule has 1 atom stereocenters. The lowest BCUT2D eigenvalue weighted by atomic mass is 9.97. The lowest BCUT2D eigenvalue weighted by Crippen LogP contribution is -2.20. The van der Waals surface area contributed by atoms with E-state index in [1.54, 1.807) is 11.3 Å². The molecule has 0 amide bonds. The Labute approximate surface area is 117 Å². The molecule has 19 heavy (non-hydrogen) atoms. The van der Waals surface area contributed by atoms with E-state index in [1.165, 1.54) is 16.0 Å². The lowest BCUT2D eigenvalue weighted by molar-refractivity contribution is 0.283. The molecule has 2 heterocycles. The normalized spacial score (nSPS) is 15.7. The Hall–Kier alpha value is -1.39. The van der Waals surface area contributed by atoms with Gasteiger partial charge in [-0.3, -0.25) is 0 Å². The average molecular weight is 274 g/mol. The quantitative estimate of drug-likeness (QED) is 0.934. The SMILES string of the molecule is CNC(c1cnc(C)s1)c1cccc2c1OCCC2. The second-order valence-corrected chi connectivity index (χ2v) is 6.06. The van der Waals surface area contributed by atoms with E-state index in [9.17, 15) is 0 Å². The summed E-state index contributed by atoms with van der Waals surface area (Å²) in [5, 5.41) is 4.49. The molecule has 0 radical (unpaired) electrons. The molecule has 2 aromatic rings. The topological polar surface area (TPSA) is 34.2 Å².